The molecule has 0 N–H and O–H groups in total. The molecular weight excluding hydrogens is 368 g/mol. The van der Waals surface area contributed by atoms with Gasteiger partial charge in [0, 0.05) is 21.2 Å². The molecule has 0 radical (unpaired) electrons. The van der Waals surface area contributed by atoms with E-state index < -0.39 is 11.9 Å². The Bertz CT molecular complexity index is 576. The molecule has 0 bridgehead atoms. The number of hydrogen-bond acceptors (Lipinski definition) is 4. The summed E-state index contributed by atoms with van der Waals surface area (Å²) in [7, 11) is 0. The summed E-state index contributed by atoms with van der Waals surface area (Å²) in [6.45, 7) is 0. The van der Waals surface area contributed by atoms with Crippen molar-refractivity contribution in [3.8, 4) is 0 Å². The third kappa shape index (κ3) is 6.26. The molecule has 0 heterocycles. The average Bonchev–Trinajstić information content (AvgIpc) is 2.40. The summed E-state index contributed by atoms with van der Waals surface area (Å²) in [5.41, 5.74) is 0.0633. The number of carbonyl (C=O) groups is 2. The van der Waals surface area contributed by atoms with E-state index in [0.717, 1.165) is 0 Å². The second-order valence-corrected chi connectivity index (χ2v) is 4.35. The number of carboxylic acid groups (broad SMARTS) is 2. The Morgan fingerprint density at radius 3 is 1.19 bits per heavy atom. The maximum Gasteiger partial charge on any atom is 2.00 e. The first-order chi connectivity index (χ1) is 9.43. The van der Waals surface area contributed by atoms with Crippen LogP contribution in [0.1, 0.15) is 20.7 Å². The second kappa shape index (κ2) is 9.51. The first-order valence-corrected chi connectivity index (χ1v) is 6.11. The normalized spacial score (nSPS) is 8.86. The molecule has 0 aliphatic heterocycles. The Kier molecular flexibility index (Phi) is 8.87. The van der Waals surface area contributed by atoms with Gasteiger partial charge in [0.1, 0.15) is 0 Å². The number of rotatable bonds is 2. The number of carboxylic acids is 2. The predicted octanol–water partition coefficient (Wildman–Crippen LogP) is 1.40. The Balaban J connectivity index is 0.000000364. The van der Waals surface area contributed by atoms with Crippen molar-refractivity contribution < 1.29 is 39.3 Å². The summed E-state index contributed by atoms with van der Waals surface area (Å²) < 4.78 is 0. The summed E-state index contributed by atoms with van der Waals surface area (Å²) >= 11 is 11.0. The van der Waals surface area contributed by atoms with Gasteiger partial charge in [-0.05, 0) is 12.1 Å². The Labute approximate surface area is 144 Å². The number of hydrogen-bond donors (Lipinski definition) is 0. The van der Waals surface area contributed by atoms with E-state index in [1.54, 1.807) is 24.3 Å². The number of benzene rings is 2. The van der Waals surface area contributed by atoms with Gasteiger partial charge < -0.3 is 19.8 Å². The van der Waals surface area contributed by atoms with Crippen molar-refractivity contribution in [1.82, 2.24) is 0 Å². The molecule has 2 aromatic rings. The molecule has 0 spiro atoms. The minimum atomic E-state index is -1.24. The standard InChI is InChI=1S/2C7H5ClO2.Zn/c2*8-6-4-2-1-3-5(6)7(9)10;/h2*1-4H,(H,9,10);/q;;+2/p-2. The van der Waals surface area contributed by atoms with Crippen molar-refractivity contribution in [2.45, 2.75) is 0 Å². The van der Waals surface area contributed by atoms with Crippen LogP contribution in [0, 0.1) is 0 Å². The van der Waals surface area contributed by atoms with Crippen LogP contribution >= 0.6 is 23.2 Å². The minimum Gasteiger partial charge on any atom is -0.545 e. The average molecular weight is 377 g/mol. The largest absolute Gasteiger partial charge is 2.00 e. The van der Waals surface area contributed by atoms with E-state index in [0.29, 0.717) is 0 Å². The van der Waals surface area contributed by atoms with Gasteiger partial charge in [-0.2, -0.15) is 0 Å². The molecule has 0 saturated heterocycles. The topological polar surface area (TPSA) is 80.3 Å². The van der Waals surface area contributed by atoms with Crippen LogP contribution in [0.15, 0.2) is 48.5 Å². The zero-order chi connectivity index (χ0) is 15.1. The van der Waals surface area contributed by atoms with Crippen LogP contribution < -0.4 is 10.2 Å². The van der Waals surface area contributed by atoms with E-state index >= 15 is 0 Å². The number of carbonyl (C=O) groups excluding carboxylic acids is 2. The first-order valence-electron chi connectivity index (χ1n) is 5.35. The summed E-state index contributed by atoms with van der Waals surface area (Å²) in [5, 5.41) is 20.9. The van der Waals surface area contributed by atoms with Crippen molar-refractivity contribution in [3.05, 3.63) is 69.7 Å². The van der Waals surface area contributed by atoms with E-state index in [-0.39, 0.29) is 40.7 Å². The third-order valence-corrected chi connectivity index (χ3v) is 2.85. The molecule has 0 aliphatic carbocycles. The maximum absolute atomic E-state index is 10.2. The maximum atomic E-state index is 10.2. The van der Waals surface area contributed by atoms with Gasteiger partial charge in [-0.3, -0.25) is 0 Å². The number of halogens is 2. The first kappa shape index (κ1) is 19.6. The fourth-order valence-corrected chi connectivity index (χ4v) is 1.68. The predicted molar refractivity (Wildman–Crippen MR) is 71.6 cm³/mol. The van der Waals surface area contributed by atoms with Gasteiger partial charge in [0.25, 0.3) is 0 Å². The van der Waals surface area contributed by atoms with E-state index in [1.807, 2.05) is 0 Å². The van der Waals surface area contributed by atoms with Gasteiger partial charge >= 0.3 is 19.5 Å². The molecule has 0 unspecified atom stereocenters. The molecule has 21 heavy (non-hydrogen) atoms. The van der Waals surface area contributed by atoms with Crippen molar-refractivity contribution in [2.75, 3.05) is 0 Å². The summed E-state index contributed by atoms with van der Waals surface area (Å²) in [6, 6.07) is 12.3. The van der Waals surface area contributed by atoms with Gasteiger partial charge in [0.05, 0.1) is 11.9 Å². The molecule has 0 amide bonds. The molecule has 2 rings (SSSR count). The van der Waals surface area contributed by atoms with E-state index in [2.05, 4.69) is 0 Å². The fraction of sp³-hybridized carbons (Fsp3) is 0. The molecule has 0 aromatic heterocycles. The van der Waals surface area contributed by atoms with Crippen LogP contribution in [0.4, 0.5) is 0 Å². The second-order valence-electron chi connectivity index (χ2n) is 3.53. The molecule has 4 nitrogen and oxygen atoms in total. The van der Waals surface area contributed by atoms with Gasteiger partial charge in [-0.25, -0.2) is 0 Å². The zero-order valence-electron chi connectivity index (χ0n) is 10.7. The van der Waals surface area contributed by atoms with E-state index in [9.17, 15) is 19.8 Å². The molecule has 0 saturated carbocycles. The van der Waals surface area contributed by atoms with Gasteiger partial charge in [0.2, 0.25) is 0 Å². The van der Waals surface area contributed by atoms with Crippen molar-refractivity contribution in [1.29, 1.82) is 0 Å². The van der Waals surface area contributed by atoms with Crippen LogP contribution in [-0.4, -0.2) is 11.9 Å². The third-order valence-electron chi connectivity index (χ3n) is 2.19. The molecule has 0 fully saturated rings. The summed E-state index contributed by atoms with van der Waals surface area (Å²) in [4.78, 5) is 20.5. The quantitative estimate of drug-likeness (QED) is 0.742. The van der Waals surface area contributed by atoms with Crippen LogP contribution in [0.5, 0.6) is 0 Å². The van der Waals surface area contributed by atoms with Crippen molar-refractivity contribution >= 4 is 35.1 Å². The number of aromatic carboxylic acids is 2. The molecule has 104 valence electrons. The van der Waals surface area contributed by atoms with Crippen LogP contribution in [0.25, 0.3) is 0 Å². The molecular formula is C14H8Cl2O4Zn. The smallest absolute Gasteiger partial charge is 0.545 e. The van der Waals surface area contributed by atoms with Gasteiger partial charge in [0.15, 0.2) is 0 Å². The minimum absolute atomic E-state index is 0. The Morgan fingerprint density at radius 1 is 0.714 bits per heavy atom. The van der Waals surface area contributed by atoms with Gasteiger partial charge in [-0.1, -0.05) is 59.6 Å². The molecule has 2 aromatic carbocycles. The molecule has 0 aliphatic rings. The fourth-order valence-electron chi connectivity index (χ4n) is 1.25. The Morgan fingerprint density at radius 2 is 1.00 bits per heavy atom. The van der Waals surface area contributed by atoms with Crippen LogP contribution in [0.2, 0.25) is 10.0 Å². The summed E-state index contributed by atoms with van der Waals surface area (Å²) in [6.07, 6.45) is 0. The monoisotopic (exact) mass is 374 g/mol. The summed E-state index contributed by atoms with van der Waals surface area (Å²) in [5.74, 6) is -2.49. The molecule has 0 atom stereocenters. The van der Waals surface area contributed by atoms with Crippen molar-refractivity contribution in [2.24, 2.45) is 0 Å². The molecule has 7 heteroatoms. The van der Waals surface area contributed by atoms with Gasteiger partial charge in [-0.15, -0.1) is 0 Å². The Hall–Kier alpha value is -1.42. The van der Waals surface area contributed by atoms with Crippen molar-refractivity contribution in [3.63, 3.8) is 0 Å². The zero-order valence-corrected chi connectivity index (χ0v) is 15.2. The van der Waals surface area contributed by atoms with E-state index in [1.165, 1.54) is 24.3 Å². The van der Waals surface area contributed by atoms with Crippen LogP contribution in [0.3, 0.4) is 0 Å². The SMILES string of the molecule is O=C([O-])c1ccccc1Cl.O=C([O-])c1ccccc1Cl.[Zn+2]. The van der Waals surface area contributed by atoms with Crippen LogP contribution in [-0.2, 0) is 19.5 Å². The van der Waals surface area contributed by atoms with E-state index in [4.69, 9.17) is 23.2 Å².